The molecule has 0 amide bonds. The van der Waals surface area contributed by atoms with Gasteiger partial charge in [-0.1, -0.05) is 0 Å². The molecule has 2 aromatic heterocycles. The first-order chi connectivity index (χ1) is 5.27. The highest BCUT2D eigenvalue weighted by Crippen LogP contribution is 2.11. The molecule has 0 aliphatic heterocycles. The van der Waals surface area contributed by atoms with Crippen LogP contribution in [0.5, 0.6) is 0 Å². The minimum absolute atomic E-state index is 0.348. The van der Waals surface area contributed by atoms with Crippen LogP contribution in [0.2, 0.25) is 0 Å². The SMILES string of the molecule is Cc1cc(=O)oc2[nH]ncc12. The highest BCUT2D eigenvalue weighted by atomic mass is 16.4. The van der Waals surface area contributed by atoms with Crippen LogP contribution in [0.3, 0.4) is 0 Å². The summed E-state index contributed by atoms with van der Waals surface area (Å²) >= 11 is 0. The summed E-state index contributed by atoms with van der Waals surface area (Å²) in [6.07, 6.45) is 1.63. The molecule has 0 fully saturated rings. The van der Waals surface area contributed by atoms with Crippen LogP contribution in [0.25, 0.3) is 11.1 Å². The zero-order chi connectivity index (χ0) is 7.84. The molecule has 2 aromatic rings. The molecule has 0 atom stereocenters. The minimum Gasteiger partial charge on any atom is -0.404 e. The van der Waals surface area contributed by atoms with E-state index in [1.165, 1.54) is 6.07 Å². The van der Waals surface area contributed by atoms with Gasteiger partial charge in [0, 0.05) is 6.07 Å². The lowest BCUT2D eigenvalue weighted by molar-refractivity contribution is 0.547. The smallest absolute Gasteiger partial charge is 0.337 e. The van der Waals surface area contributed by atoms with Crippen molar-refractivity contribution >= 4 is 11.1 Å². The normalized spacial score (nSPS) is 10.6. The van der Waals surface area contributed by atoms with Gasteiger partial charge in [-0.05, 0) is 12.5 Å². The number of nitrogens with zero attached hydrogens (tertiary/aromatic N) is 1. The Balaban J connectivity index is 3.02. The topological polar surface area (TPSA) is 58.9 Å². The first kappa shape index (κ1) is 6.15. The molecule has 4 heteroatoms. The van der Waals surface area contributed by atoms with Crippen LogP contribution in [0, 0.1) is 6.92 Å². The summed E-state index contributed by atoms with van der Waals surface area (Å²) in [5, 5.41) is 7.18. The van der Waals surface area contributed by atoms with Crippen LogP contribution >= 0.6 is 0 Å². The van der Waals surface area contributed by atoms with Crippen molar-refractivity contribution < 1.29 is 4.42 Å². The van der Waals surface area contributed by atoms with E-state index in [9.17, 15) is 4.79 Å². The molecule has 0 saturated heterocycles. The standard InChI is InChI=1S/C7H6N2O2/c1-4-2-6(10)11-7-5(4)3-8-9-7/h2-3H,1H3,(H,8,9). The van der Waals surface area contributed by atoms with Crippen molar-refractivity contribution in [3.8, 4) is 0 Å². The van der Waals surface area contributed by atoms with E-state index in [1.807, 2.05) is 6.92 Å². The van der Waals surface area contributed by atoms with Crippen LogP contribution < -0.4 is 5.63 Å². The van der Waals surface area contributed by atoms with E-state index in [0.717, 1.165) is 10.9 Å². The van der Waals surface area contributed by atoms with Crippen LogP contribution in [0.15, 0.2) is 21.5 Å². The lowest BCUT2D eigenvalue weighted by Gasteiger charge is -1.89. The number of hydrogen-bond acceptors (Lipinski definition) is 3. The van der Waals surface area contributed by atoms with Crippen molar-refractivity contribution in [1.29, 1.82) is 0 Å². The van der Waals surface area contributed by atoms with Gasteiger partial charge in [0.15, 0.2) is 0 Å². The lowest BCUT2D eigenvalue weighted by atomic mass is 10.2. The van der Waals surface area contributed by atoms with E-state index in [2.05, 4.69) is 10.2 Å². The average molecular weight is 150 g/mol. The number of aromatic amines is 1. The van der Waals surface area contributed by atoms with Crippen molar-refractivity contribution in [3.05, 3.63) is 28.2 Å². The third-order valence-corrected chi connectivity index (χ3v) is 1.57. The molecule has 0 aromatic carbocycles. The first-order valence-corrected chi connectivity index (χ1v) is 3.21. The summed E-state index contributed by atoms with van der Waals surface area (Å²) < 4.78 is 4.81. The summed E-state index contributed by atoms with van der Waals surface area (Å²) in [5.41, 5.74) is 0.972. The van der Waals surface area contributed by atoms with E-state index >= 15 is 0 Å². The summed E-state index contributed by atoms with van der Waals surface area (Å²) in [6, 6.07) is 1.44. The molecule has 0 bridgehead atoms. The second kappa shape index (κ2) is 1.95. The van der Waals surface area contributed by atoms with Crippen molar-refractivity contribution in [1.82, 2.24) is 10.2 Å². The molecule has 0 saturated carbocycles. The third-order valence-electron chi connectivity index (χ3n) is 1.57. The molecule has 2 rings (SSSR count). The summed E-state index contributed by atoms with van der Waals surface area (Å²) in [5.74, 6) is 0. The fourth-order valence-electron chi connectivity index (χ4n) is 1.02. The van der Waals surface area contributed by atoms with Gasteiger partial charge in [-0.15, -0.1) is 0 Å². The molecule has 0 radical (unpaired) electrons. The van der Waals surface area contributed by atoms with Crippen LogP contribution in [-0.2, 0) is 0 Å². The van der Waals surface area contributed by atoms with Gasteiger partial charge in [0.1, 0.15) is 0 Å². The number of nitrogens with one attached hydrogen (secondary N) is 1. The maximum Gasteiger partial charge on any atom is 0.337 e. The Labute approximate surface area is 61.8 Å². The maximum absolute atomic E-state index is 10.8. The van der Waals surface area contributed by atoms with Crippen molar-refractivity contribution in [2.24, 2.45) is 0 Å². The predicted octanol–water partition coefficient (Wildman–Crippen LogP) is 0.825. The van der Waals surface area contributed by atoms with Gasteiger partial charge < -0.3 is 4.42 Å². The summed E-state index contributed by atoms with van der Waals surface area (Å²) in [6.45, 7) is 1.84. The highest BCUT2D eigenvalue weighted by Gasteiger charge is 2.01. The van der Waals surface area contributed by atoms with Crippen LogP contribution in [-0.4, -0.2) is 10.2 Å². The molecular formula is C7H6N2O2. The van der Waals surface area contributed by atoms with Gasteiger partial charge >= 0.3 is 5.63 Å². The molecule has 1 N–H and O–H groups in total. The fraction of sp³-hybridized carbons (Fsp3) is 0.143. The quantitative estimate of drug-likeness (QED) is 0.604. The molecule has 2 heterocycles. The monoisotopic (exact) mass is 150 g/mol. The van der Waals surface area contributed by atoms with Gasteiger partial charge in [0.2, 0.25) is 5.71 Å². The zero-order valence-corrected chi connectivity index (χ0v) is 5.92. The molecule has 4 nitrogen and oxygen atoms in total. The zero-order valence-electron chi connectivity index (χ0n) is 5.92. The summed E-state index contributed by atoms with van der Waals surface area (Å²) in [7, 11) is 0. The number of fused-ring (bicyclic) bond motifs is 1. The predicted molar refractivity (Wildman–Crippen MR) is 39.4 cm³/mol. The van der Waals surface area contributed by atoms with Crippen LogP contribution in [0.1, 0.15) is 5.56 Å². The summed E-state index contributed by atoms with van der Waals surface area (Å²) in [4.78, 5) is 10.8. The highest BCUT2D eigenvalue weighted by molar-refractivity contribution is 5.75. The van der Waals surface area contributed by atoms with Gasteiger partial charge in [-0.2, -0.15) is 5.10 Å². The molecule has 11 heavy (non-hydrogen) atoms. The van der Waals surface area contributed by atoms with Crippen molar-refractivity contribution in [2.45, 2.75) is 6.92 Å². The Kier molecular flexibility index (Phi) is 1.09. The molecule has 56 valence electrons. The van der Waals surface area contributed by atoms with Crippen molar-refractivity contribution in [2.75, 3.05) is 0 Å². The number of hydrogen-bond donors (Lipinski definition) is 1. The molecular weight excluding hydrogens is 144 g/mol. The van der Waals surface area contributed by atoms with Gasteiger partial charge in [0.25, 0.3) is 0 Å². The largest absolute Gasteiger partial charge is 0.404 e. The molecule has 0 spiro atoms. The van der Waals surface area contributed by atoms with E-state index in [1.54, 1.807) is 6.20 Å². The second-order valence-electron chi connectivity index (χ2n) is 2.36. The number of aromatic nitrogens is 2. The Morgan fingerprint density at radius 3 is 3.27 bits per heavy atom. The Morgan fingerprint density at radius 2 is 2.45 bits per heavy atom. The third kappa shape index (κ3) is 0.832. The van der Waals surface area contributed by atoms with Gasteiger partial charge in [-0.25, -0.2) is 9.89 Å². The van der Waals surface area contributed by atoms with Gasteiger partial charge in [0.05, 0.1) is 11.6 Å². The fourth-order valence-corrected chi connectivity index (χ4v) is 1.02. The van der Waals surface area contributed by atoms with Gasteiger partial charge in [-0.3, -0.25) is 0 Å². The maximum atomic E-state index is 10.8. The Morgan fingerprint density at radius 1 is 1.64 bits per heavy atom. The number of aryl methyl sites for hydroxylation is 1. The minimum atomic E-state index is -0.348. The molecule has 0 aliphatic rings. The van der Waals surface area contributed by atoms with Crippen LogP contribution in [0.4, 0.5) is 0 Å². The molecule has 0 unspecified atom stereocenters. The second-order valence-corrected chi connectivity index (χ2v) is 2.36. The number of rotatable bonds is 0. The average Bonchev–Trinajstić information content (AvgIpc) is 2.34. The molecule has 0 aliphatic carbocycles. The van der Waals surface area contributed by atoms with E-state index in [4.69, 9.17) is 4.42 Å². The van der Waals surface area contributed by atoms with E-state index < -0.39 is 0 Å². The lowest BCUT2D eigenvalue weighted by Crippen LogP contribution is -1.96. The Hall–Kier alpha value is -1.58. The van der Waals surface area contributed by atoms with E-state index in [0.29, 0.717) is 5.71 Å². The van der Waals surface area contributed by atoms with Crippen molar-refractivity contribution in [3.63, 3.8) is 0 Å². The Bertz CT molecular complexity index is 441. The first-order valence-electron chi connectivity index (χ1n) is 3.21. The van der Waals surface area contributed by atoms with E-state index in [-0.39, 0.29) is 5.63 Å². The number of H-pyrrole nitrogens is 1.